The molecule has 1 aliphatic rings. The zero-order valence-electron chi connectivity index (χ0n) is 15.0. The molecule has 4 rings (SSSR count). The number of nitrogens with zero attached hydrogens (tertiary/aromatic N) is 3. The number of anilines is 1. The average molecular weight is 363 g/mol. The lowest BCUT2D eigenvalue weighted by Gasteiger charge is -2.35. The van der Waals surface area contributed by atoms with Crippen LogP contribution in [0.15, 0.2) is 71.5 Å². The molecule has 0 saturated carbocycles. The van der Waals surface area contributed by atoms with Gasteiger partial charge in [-0.15, -0.1) is 0 Å². The predicted octanol–water partition coefficient (Wildman–Crippen LogP) is 3.22. The number of aromatic nitrogens is 1. The van der Waals surface area contributed by atoms with E-state index in [-0.39, 0.29) is 5.91 Å². The molecule has 0 aliphatic carbocycles. The summed E-state index contributed by atoms with van der Waals surface area (Å²) >= 11 is 0. The number of hydrogen-bond donors (Lipinski definition) is 0. The average Bonchev–Trinajstić information content (AvgIpc) is 3.22. The largest absolute Gasteiger partial charge is 0.489 e. The Labute approximate surface area is 158 Å². The Bertz CT molecular complexity index is 872. The molecule has 1 amide bonds. The molecular weight excluding hydrogens is 342 g/mol. The number of para-hydroxylation sites is 1. The molecule has 3 aromatic rings. The molecule has 0 N–H and O–H groups in total. The molecule has 0 radical (unpaired) electrons. The number of pyridine rings is 1. The molecule has 1 saturated heterocycles. The van der Waals surface area contributed by atoms with Crippen molar-refractivity contribution in [3.63, 3.8) is 0 Å². The van der Waals surface area contributed by atoms with Crippen molar-refractivity contribution < 1.29 is 13.9 Å². The molecule has 27 heavy (non-hydrogen) atoms. The van der Waals surface area contributed by atoms with E-state index in [0.29, 0.717) is 25.5 Å². The SMILES string of the molecule is O=C(c1occc1COc1ccccc1)N1CCN(c2ccccn2)CC1. The van der Waals surface area contributed by atoms with E-state index >= 15 is 0 Å². The third-order valence-corrected chi connectivity index (χ3v) is 4.62. The van der Waals surface area contributed by atoms with Crippen molar-refractivity contribution in [1.82, 2.24) is 9.88 Å². The monoisotopic (exact) mass is 363 g/mol. The van der Waals surface area contributed by atoms with Gasteiger partial charge in [0.15, 0.2) is 5.76 Å². The molecule has 0 atom stereocenters. The van der Waals surface area contributed by atoms with E-state index < -0.39 is 0 Å². The summed E-state index contributed by atoms with van der Waals surface area (Å²) in [5.74, 6) is 1.98. The Kier molecular flexibility index (Phi) is 5.05. The highest BCUT2D eigenvalue weighted by atomic mass is 16.5. The molecule has 6 nitrogen and oxygen atoms in total. The number of amides is 1. The minimum atomic E-state index is -0.0904. The van der Waals surface area contributed by atoms with Crippen LogP contribution in [0.25, 0.3) is 0 Å². The fraction of sp³-hybridized carbons (Fsp3) is 0.238. The minimum Gasteiger partial charge on any atom is -0.489 e. The van der Waals surface area contributed by atoms with Crippen LogP contribution >= 0.6 is 0 Å². The summed E-state index contributed by atoms with van der Waals surface area (Å²) < 4.78 is 11.2. The van der Waals surface area contributed by atoms with Crippen LogP contribution in [-0.4, -0.2) is 42.0 Å². The van der Waals surface area contributed by atoms with E-state index in [1.807, 2.05) is 53.4 Å². The van der Waals surface area contributed by atoms with Crippen molar-refractivity contribution >= 4 is 11.7 Å². The minimum absolute atomic E-state index is 0.0904. The first-order chi connectivity index (χ1) is 13.3. The number of benzene rings is 1. The second kappa shape index (κ2) is 7.95. The molecule has 3 heterocycles. The highest BCUT2D eigenvalue weighted by Crippen LogP contribution is 2.19. The van der Waals surface area contributed by atoms with Crippen LogP contribution in [0, 0.1) is 0 Å². The van der Waals surface area contributed by atoms with Crippen LogP contribution in [0.5, 0.6) is 5.75 Å². The van der Waals surface area contributed by atoms with Gasteiger partial charge in [-0.3, -0.25) is 4.79 Å². The highest BCUT2D eigenvalue weighted by Gasteiger charge is 2.26. The second-order valence-corrected chi connectivity index (χ2v) is 6.34. The smallest absolute Gasteiger partial charge is 0.290 e. The van der Waals surface area contributed by atoms with Gasteiger partial charge in [-0.05, 0) is 30.3 Å². The Morgan fingerprint density at radius 1 is 1.00 bits per heavy atom. The number of rotatable bonds is 5. The van der Waals surface area contributed by atoms with E-state index in [4.69, 9.17) is 9.15 Å². The lowest BCUT2D eigenvalue weighted by molar-refractivity contribution is 0.0710. The fourth-order valence-corrected chi connectivity index (χ4v) is 3.14. The van der Waals surface area contributed by atoms with E-state index in [9.17, 15) is 4.79 Å². The van der Waals surface area contributed by atoms with Crippen molar-refractivity contribution in [2.75, 3.05) is 31.1 Å². The number of piperazine rings is 1. The summed E-state index contributed by atoms with van der Waals surface area (Å²) in [6, 6.07) is 17.2. The van der Waals surface area contributed by atoms with Gasteiger partial charge in [-0.25, -0.2) is 4.98 Å². The Morgan fingerprint density at radius 2 is 1.78 bits per heavy atom. The molecule has 6 heteroatoms. The van der Waals surface area contributed by atoms with Crippen LogP contribution < -0.4 is 9.64 Å². The summed E-state index contributed by atoms with van der Waals surface area (Å²) in [6.45, 7) is 3.07. The first kappa shape index (κ1) is 17.1. The summed E-state index contributed by atoms with van der Waals surface area (Å²) in [4.78, 5) is 21.3. The van der Waals surface area contributed by atoms with E-state index in [2.05, 4.69) is 9.88 Å². The zero-order valence-corrected chi connectivity index (χ0v) is 15.0. The first-order valence-corrected chi connectivity index (χ1v) is 9.01. The number of hydrogen-bond acceptors (Lipinski definition) is 5. The highest BCUT2D eigenvalue weighted by molar-refractivity contribution is 5.93. The van der Waals surface area contributed by atoms with Gasteiger partial charge in [-0.1, -0.05) is 24.3 Å². The molecule has 1 fully saturated rings. The van der Waals surface area contributed by atoms with Crippen molar-refractivity contribution in [3.05, 3.63) is 78.4 Å². The van der Waals surface area contributed by atoms with Gasteiger partial charge in [0.25, 0.3) is 5.91 Å². The van der Waals surface area contributed by atoms with Gasteiger partial charge in [0.1, 0.15) is 18.2 Å². The molecule has 1 aliphatic heterocycles. The molecule has 1 aromatic carbocycles. The first-order valence-electron chi connectivity index (χ1n) is 9.01. The van der Waals surface area contributed by atoms with Crippen molar-refractivity contribution in [3.8, 4) is 5.75 Å². The second-order valence-electron chi connectivity index (χ2n) is 6.34. The van der Waals surface area contributed by atoms with Crippen molar-refractivity contribution in [2.45, 2.75) is 6.61 Å². The lowest BCUT2D eigenvalue weighted by atomic mass is 10.2. The number of ether oxygens (including phenoxy) is 1. The van der Waals surface area contributed by atoms with Gasteiger partial charge in [0.2, 0.25) is 0 Å². The quantitative estimate of drug-likeness (QED) is 0.697. The van der Waals surface area contributed by atoms with Crippen LogP contribution in [0.2, 0.25) is 0 Å². The lowest BCUT2D eigenvalue weighted by Crippen LogP contribution is -2.49. The number of carbonyl (C=O) groups excluding carboxylic acids is 1. The molecule has 0 spiro atoms. The van der Waals surface area contributed by atoms with E-state index in [1.54, 1.807) is 18.5 Å². The normalized spacial score (nSPS) is 14.2. The van der Waals surface area contributed by atoms with Crippen molar-refractivity contribution in [2.24, 2.45) is 0 Å². The van der Waals surface area contributed by atoms with Gasteiger partial charge < -0.3 is 19.0 Å². The Hall–Kier alpha value is -3.28. The maximum absolute atomic E-state index is 12.9. The molecular formula is C21H21N3O3. The maximum atomic E-state index is 12.9. The van der Waals surface area contributed by atoms with Gasteiger partial charge in [-0.2, -0.15) is 0 Å². The molecule has 2 aromatic heterocycles. The zero-order chi connectivity index (χ0) is 18.5. The van der Waals surface area contributed by atoms with Gasteiger partial charge in [0.05, 0.1) is 6.26 Å². The molecule has 0 unspecified atom stereocenters. The molecule has 138 valence electrons. The Balaban J connectivity index is 1.37. The number of carbonyl (C=O) groups is 1. The summed E-state index contributed by atoms with van der Waals surface area (Å²) in [6.07, 6.45) is 3.33. The van der Waals surface area contributed by atoms with Crippen LogP contribution in [-0.2, 0) is 6.61 Å². The van der Waals surface area contributed by atoms with E-state index in [0.717, 1.165) is 30.2 Å². The fourth-order valence-electron chi connectivity index (χ4n) is 3.14. The van der Waals surface area contributed by atoms with Gasteiger partial charge in [0, 0.05) is 37.9 Å². The third-order valence-electron chi connectivity index (χ3n) is 4.62. The van der Waals surface area contributed by atoms with Crippen LogP contribution in [0.4, 0.5) is 5.82 Å². The topological polar surface area (TPSA) is 58.8 Å². The summed E-state index contributed by atoms with van der Waals surface area (Å²) in [5, 5.41) is 0. The van der Waals surface area contributed by atoms with Crippen LogP contribution in [0.3, 0.4) is 0 Å². The number of furan rings is 1. The van der Waals surface area contributed by atoms with E-state index in [1.165, 1.54) is 0 Å². The summed E-state index contributed by atoms with van der Waals surface area (Å²) in [5.41, 5.74) is 0.760. The Morgan fingerprint density at radius 3 is 2.52 bits per heavy atom. The standard InChI is InChI=1S/C21H21N3O3/c25-21(24-13-11-23(12-14-24)19-8-4-5-10-22-19)20-17(9-15-26-20)16-27-18-6-2-1-3-7-18/h1-10,15H,11-14,16H2. The van der Waals surface area contributed by atoms with Crippen LogP contribution in [0.1, 0.15) is 16.1 Å². The van der Waals surface area contributed by atoms with Gasteiger partial charge >= 0.3 is 0 Å². The maximum Gasteiger partial charge on any atom is 0.290 e. The predicted molar refractivity (Wildman–Crippen MR) is 102 cm³/mol. The van der Waals surface area contributed by atoms with Crippen molar-refractivity contribution in [1.29, 1.82) is 0 Å². The molecule has 0 bridgehead atoms. The third kappa shape index (κ3) is 3.95. The summed E-state index contributed by atoms with van der Waals surface area (Å²) in [7, 11) is 0.